The molecule has 0 aliphatic heterocycles. The molecule has 1 unspecified atom stereocenters. The minimum Gasteiger partial charge on any atom is -0.496 e. The number of para-hydroxylation sites is 1. The van der Waals surface area contributed by atoms with Crippen LogP contribution in [0.5, 0.6) is 5.75 Å². The van der Waals surface area contributed by atoms with Gasteiger partial charge in [-0.05, 0) is 32.9 Å². The average molecular weight is 281 g/mol. The lowest BCUT2D eigenvalue weighted by Gasteiger charge is -2.29. The van der Waals surface area contributed by atoms with Crippen molar-refractivity contribution in [3.05, 3.63) is 29.8 Å². The van der Waals surface area contributed by atoms with Crippen molar-refractivity contribution in [3.63, 3.8) is 0 Å². The zero-order valence-electron chi connectivity index (χ0n) is 13.0. The van der Waals surface area contributed by atoms with Crippen LogP contribution in [0.4, 0.5) is 0 Å². The molecule has 4 heteroatoms. The van der Waals surface area contributed by atoms with E-state index in [2.05, 4.69) is 18.3 Å². The van der Waals surface area contributed by atoms with Crippen LogP contribution in [0.15, 0.2) is 24.3 Å². The van der Waals surface area contributed by atoms with E-state index in [1.165, 1.54) is 0 Å². The normalized spacial score (nSPS) is 12.7. The lowest BCUT2D eigenvalue weighted by molar-refractivity contribution is -0.155. The molecule has 0 fully saturated rings. The lowest BCUT2D eigenvalue weighted by Crippen LogP contribution is -2.36. The quantitative estimate of drug-likeness (QED) is 0.669. The zero-order chi connectivity index (χ0) is 14.8. The fourth-order valence-corrected chi connectivity index (χ4v) is 2.15. The number of hydrogen-bond donors (Lipinski definition) is 1. The van der Waals surface area contributed by atoms with E-state index >= 15 is 0 Å². The van der Waals surface area contributed by atoms with Gasteiger partial charge in [-0.1, -0.05) is 25.1 Å². The Labute approximate surface area is 122 Å². The summed E-state index contributed by atoms with van der Waals surface area (Å²) >= 11 is 0. The number of methoxy groups -OCH3 is 1. The Morgan fingerprint density at radius 2 is 1.70 bits per heavy atom. The molecule has 1 rings (SSSR count). The van der Waals surface area contributed by atoms with Gasteiger partial charge in [0.25, 0.3) is 0 Å². The van der Waals surface area contributed by atoms with Crippen molar-refractivity contribution >= 4 is 0 Å². The smallest absolute Gasteiger partial charge is 0.176 e. The van der Waals surface area contributed by atoms with Gasteiger partial charge in [-0.2, -0.15) is 0 Å². The SMILES string of the molecule is CCCNC(c1ccccc1OC)C(OCC)OCC. The monoisotopic (exact) mass is 281 g/mol. The van der Waals surface area contributed by atoms with E-state index in [0.717, 1.165) is 24.3 Å². The third-order valence-corrected chi connectivity index (χ3v) is 3.02. The van der Waals surface area contributed by atoms with Gasteiger partial charge in [-0.15, -0.1) is 0 Å². The summed E-state index contributed by atoms with van der Waals surface area (Å²) in [7, 11) is 1.69. The predicted molar refractivity (Wildman–Crippen MR) is 81.1 cm³/mol. The molecule has 114 valence electrons. The summed E-state index contributed by atoms with van der Waals surface area (Å²) in [6, 6.07) is 7.96. The first-order chi connectivity index (χ1) is 9.78. The third kappa shape index (κ3) is 4.78. The minimum atomic E-state index is -0.312. The van der Waals surface area contributed by atoms with Gasteiger partial charge in [-0.3, -0.25) is 0 Å². The maximum absolute atomic E-state index is 5.76. The summed E-state index contributed by atoms with van der Waals surface area (Å²) in [5.41, 5.74) is 1.07. The second-order valence-corrected chi connectivity index (χ2v) is 4.45. The average Bonchev–Trinajstić information content (AvgIpc) is 2.48. The van der Waals surface area contributed by atoms with E-state index in [9.17, 15) is 0 Å². The second-order valence-electron chi connectivity index (χ2n) is 4.45. The van der Waals surface area contributed by atoms with Crippen LogP contribution in [0, 0.1) is 0 Å². The molecule has 1 aromatic rings. The molecule has 0 amide bonds. The van der Waals surface area contributed by atoms with E-state index < -0.39 is 0 Å². The molecule has 0 radical (unpaired) electrons. The van der Waals surface area contributed by atoms with Gasteiger partial charge in [-0.25, -0.2) is 0 Å². The van der Waals surface area contributed by atoms with E-state index in [4.69, 9.17) is 14.2 Å². The van der Waals surface area contributed by atoms with Crippen molar-refractivity contribution in [2.45, 2.75) is 39.5 Å². The summed E-state index contributed by atoms with van der Waals surface area (Å²) < 4.78 is 17.0. The van der Waals surface area contributed by atoms with E-state index in [0.29, 0.717) is 13.2 Å². The molecule has 0 aliphatic rings. The second kappa shape index (κ2) is 9.75. The largest absolute Gasteiger partial charge is 0.496 e. The summed E-state index contributed by atoms with van der Waals surface area (Å²) in [6.45, 7) is 8.23. The highest BCUT2D eigenvalue weighted by Crippen LogP contribution is 2.29. The van der Waals surface area contributed by atoms with Crippen LogP contribution >= 0.6 is 0 Å². The Bertz CT molecular complexity index is 364. The van der Waals surface area contributed by atoms with E-state index in [-0.39, 0.29) is 12.3 Å². The van der Waals surface area contributed by atoms with Crippen LogP contribution in [-0.4, -0.2) is 33.2 Å². The van der Waals surface area contributed by atoms with Crippen molar-refractivity contribution in [2.75, 3.05) is 26.9 Å². The minimum absolute atomic E-state index is 0.0361. The third-order valence-electron chi connectivity index (χ3n) is 3.02. The number of rotatable bonds is 10. The fourth-order valence-electron chi connectivity index (χ4n) is 2.15. The predicted octanol–water partition coefficient (Wildman–Crippen LogP) is 3.14. The Kier molecular flexibility index (Phi) is 8.26. The number of hydrogen-bond acceptors (Lipinski definition) is 4. The van der Waals surface area contributed by atoms with Crippen molar-refractivity contribution in [3.8, 4) is 5.75 Å². The van der Waals surface area contributed by atoms with Gasteiger partial charge in [0.1, 0.15) is 5.75 Å². The molecule has 1 N–H and O–H groups in total. The van der Waals surface area contributed by atoms with Gasteiger partial charge in [0.05, 0.1) is 13.2 Å². The molecular formula is C16H27NO3. The molecule has 4 nitrogen and oxygen atoms in total. The number of benzene rings is 1. The Hall–Kier alpha value is -1.10. The molecule has 0 saturated carbocycles. The first-order valence-corrected chi connectivity index (χ1v) is 7.37. The van der Waals surface area contributed by atoms with Crippen LogP contribution in [0.1, 0.15) is 38.8 Å². The zero-order valence-corrected chi connectivity index (χ0v) is 13.0. The van der Waals surface area contributed by atoms with Crippen molar-refractivity contribution in [1.82, 2.24) is 5.32 Å². The highest BCUT2D eigenvalue weighted by Gasteiger charge is 2.26. The molecule has 20 heavy (non-hydrogen) atoms. The molecule has 0 bridgehead atoms. The summed E-state index contributed by atoms with van der Waals surface area (Å²) in [5, 5.41) is 3.50. The molecule has 0 spiro atoms. The summed E-state index contributed by atoms with van der Waals surface area (Å²) in [6.07, 6.45) is 0.740. The Balaban J connectivity index is 3.01. The fraction of sp³-hybridized carbons (Fsp3) is 0.625. The van der Waals surface area contributed by atoms with Gasteiger partial charge in [0, 0.05) is 18.8 Å². The van der Waals surface area contributed by atoms with Gasteiger partial charge in [0.2, 0.25) is 0 Å². The maximum Gasteiger partial charge on any atom is 0.176 e. The molecular weight excluding hydrogens is 254 g/mol. The first-order valence-electron chi connectivity index (χ1n) is 7.37. The highest BCUT2D eigenvalue weighted by molar-refractivity contribution is 5.36. The van der Waals surface area contributed by atoms with Gasteiger partial charge in [0.15, 0.2) is 6.29 Å². The van der Waals surface area contributed by atoms with Crippen LogP contribution in [0.25, 0.3) is 0 Å². The molecule has 0 heterocycles. The number of nitrogens with one attached hydrogen (secondary N) is 1. The summed E-state index contributed by atoms with van der Waals surface area (Å²) in [5.74, 6) is 0.852. The molecule has 0 aromatic heterocycles. The topological polar surface area (TPSA) is 39.7 Å². The van der Waals surface area contributed by atoms with Crippen LogP contribution in [0.2, 0.25) is 0 Å². The van der Waals surface area contributed by atoms with Gasteiger partial charge < -0.3 is 19.5 Å². The van der Waals surface area contributed by atoms with Crippen molar-refractivity contribution in [2.24, 2.45) is 0 Å². The molecule has 0 saturated heterocycles. The highest BCUT2D eigenvalue weighted by atomic mass is 16.7. The molecule has 0 aliphatic carbocycles. The van der Waals surface area contributed by atoms with E-state index in [1.54, 1.807) is 7.11 Å². The maximum atomic E-state index is 5.76. The number of ether oxygens (including phenoxy) is 3. The van der Waals surface area contributed by atoms with Crippen LogP contribution < -0.4 is 10.1 Å². The standard InChI is InChI=1S/C16H27NO3/c1-5-12-17-15(16(19-6-2)20-7-3)13-10-8-9-11-14(13)18-4/h8-11,15-17H,5-7,12H2,1-4H3. The van der Waals surface area contributed by atoms with Crippen LogP contribution in [0.3, 0.4) is 0 Å². The van der Waals surface area contributed by atoms with Crippen LogP contribution in [-0.2, 0) is 9.47 Å². The first kappa shape index (κ1) is 17.0. The Morgan fingerprint density at radius 1 is 1.05 bits per heavy atom. The van der Waals surface area contributed by atoms with Gasteiger partial charge >= 0.3 is 0 Å². The lowest BCUT2D eigenvalue weighted by atomic mass is 10.0. The summed E-state index contributed by atoms with van der Waals surface area (Å²) in [4.78, 5) is 0. The van der Waals surface area contributed by atoms with E-state index in [1.807, 2.05) is 32.0 Å². The molecule has 1 aromatic carbocycles. The van der Waals surface area contributed by atoms with Crippen molar-refractivity contribution < 1.29 is 14.2 Å². The van der Waals surface area contributed by atoms with Crippen molar-refractivity contribution in [1.29, 1.82) is 0 Å². The Morgan fingerprint density at radius 3 is 2.25 bits per heavy atom. The molecule has 1 atom stereocenters.